The van der Waals surface area contributed by atoms with Gasteiger partial charge in [-0.1, -0.05) is 35.9 Å². The van der Waals surface area contributed by atoms with Crippen LogP contribution in [-0.2, 0) is 8.34 Å². The van der Waals surface area contributed by atoms with Gasteiger partial charge in [-0.05, 0) is 82.2 Å². The first kappa shape index (κ1) is 22.4. The number of rotatable bonds is 6. The minimum atomic E-state index is -0.483. The fraction of sp³-hybridized carbons (Fsp3) is 0.120. The van der Waals surface area contributed by atoms with E-state index in [0.717, 1.165) is 16.3 Å². The van der Waals surface area contributed by atoms with E-state index in [-0.39, 0.29) is 5.91 Å². The van der Waals surface area contributed by atoms with Crippen LogP contribution in [0.5, 0.6) is 23.1 Å². The van der Waals surface area contributed by atoms with Crippen LogP contribution in [0, 0.1) is 0 Å². The number of halogens is 2. The van der Waals surface area contributed by atoms with Gasteiger partial charge in [-0.15, -0.1) is 0 Å². The standard InChI is InChI=1S/C25H20ClIN2O3/c1-16(30)29-25(2,27)19-8-6-18-14-20(9-7-17(18)13-19)31-21-10-11-23(22(26)15-21)32-24-5-3-4-12-28-24/h3-15H,1-2H3,(H,29,30). The first-order chi connectivity index (χ1) is 15.3. The van der Waals surface area contributed by atoms with Crippen LogP contribution in [0.2, 0.25) is 5.02 Å². The predicted molar refractivity (Wildman–Crippen MR) is 135 cm³/mol. The molecular formula is C25H20ClIN2O3. The van der Waals surface area contributed by atoms with Crippen LogP contribution in [0.1, 0.15) is 19.4 Å². The lowest BCUT2D eigenvalue weighted by atomic mass is 10.0. The largest absolute Gasteiger partial charge is 0.457 e. The Morgan fingerprint density at radius 2 is 1.69 bits per heavy atom. The first-order valence-electron chi connectivity index (χ1n) is 9.88. The monoisotopic (exact) mass is 558 g/mol. The molecule has 7 heteroatoms. The molecule has 1 N–H and O–H groups in total. The Morgan fingerprint density at radius 3 is 2.41 bits per heavy atom. The van der Waals surface area contributed by atoms with E-state index in [1.165, 1.54) is 6.92 Å². The molecule has 1 unspecified atom stereocenters. The second-order valence-corrected chi connectivity index (χ2v) is 9.94. The van der Waals surface area contributed by atoms with Gasteiger partial charge in [0, 0.05) is 25.3 Å². The second kappa shape index (κ2) is 9.34. The molecule has 0 radical (unpaired) electrons. The fourth-order valence-corrected chi connectivity index (χ4v) is 4.19. The number of pyridine rings is 1. The molecule has 0 saturated heterocycles. The van der Waals surface area contributed by atoms with Crippen molar-refractivity contribution in [3.8, 4) is 23.1 Å². The summed E-state index contributed by atoms with van der Waals surface area (Å²) in [5, 5.41) is 5.48. The third-order valence-corrected chi connectivity index (χ3v) is 5.94. The third kappa shape index (κ3) is 5.31. The zero-order valence-corrected chi connectivity index (χ0v) is 20.3. The van der Waals surface area contributed by atoms with Crippen molar-refractivity contribution in [3.05, 3.63) is 89.6 Å². The molecule has 0 aliphatic carbocycles. The second-order valence-electron chi connectivity index (χ2n) is 7.37. The van der Waals surface area contributed by atoms with Gasteiger partial charge in [-0.3, -0.25) is 4.79 Å². The van der Waals surface area contributed by atoms with Crippen LogP contribution in [0.3, 0.4) is 0 Å². The van der Waals surface area contributed by atoms with Crippen molar-refractivity contribution in [1.82, 2.24) is 10.3 Å². The van der Waals surface area contributed by atoms with Crippen LogP contribution in [0.15, 0.2) is 79.0 Å². The average Bonchev–Trinajstić information content (AvgIpc) is 2.75. The van der Waals surface area contributed by atoms with Gasteiger partial charge in [0.2, 0.25) is 11.8 Å². The molecule has 5 nitrogen and oxygen atoms in total. The topological polar surface area (TPSA) is 60.5 Å². The van der Waals surface area contributed by atoms with E-state index in [2.05, 4.69) is 39.0 Å². The molecule has 4 aromatic rings. The molecule has 0 spiro atoms. The summed E-state index contributed by atoms with van der Waals surface area (Å²) in [6.45, 7) is 3.49. The number of hydrogen-bond donors (Lipinski definition) is 1. The minimum Gasteiger partial charge on any atom is -0.457 e. The number of amides is 1. The Morgan fingerprint density at radius 1 is 0.969 bits per heavy atom. The molecule has 32 heavy (non-hydrogen) atoms. The smallest absolute Gasteiger partial charge is 0.219 e. The van der Waals surface area contributed by atoms with Gasteiger partial charge in [-0.25, -0.2) is 4.98 Å². The molecule has 1 amide bonds. The molecule has 0 aliphatic rings. The van der Waals surface area contributed by atoms with Crippen molar-refractivity contribution < 1.29 is 14.3 Å². The molecular weight excluding hydrogens is 539 g/mol. The van der Waals surface area contributed by atoms with Crippen molar-refractivity contribution in [2.75, 3.05) is 0 Å². The normalized spacial score (nSPS) is 12.8. The number of ether oxygens (including phenoxy) is 2. The van der Waals surface area contributed by atoms with Gasteiger partial charge in [-0.2, -0.15) is 0 Å². The minimum absolute atomic E-state index is 0.0687. The number of hydrogen-bond acceptors (Lipinski definition) is 4. The van der Waals surface area contributed by atoms with Gasteiger partial charge < -0.3 is 14.8 Å². The highest BCUT2D eigenvalue weighted by Crippen LogP contribution is 2.35. The number of nitrogens with one attached hydrogen (secondary N) is 1. The predicted octanol–water partition coefficient (Wildman–Crippen LogP) is 7.22. The first-order valence-corrected chi connectivity index (χ1v) is 11.3. The van der Waals surface area contributed by atoms with Crippen LogP contribution >= 0.6 is 34.2 Å². The molecule has 1 atom stereocenters. The van der Waals surface area contributed by atoms with E-state index < -0.39 is 3.55 Å². The van der Waals surface area contributed by atoms with Crippen molar-refractivity contribution in [2.45, 2.75) is 17.4 Å². The van der Waals surface area contributed by atoms with Crippen LogP contribution in [0.4, 0.5) is 0 Å². The van der Waals surface area contributed by atoms with E-state index >= 15 is 0 Å². The Hall–Kier alpha value is -2.84. The number of alkyl halides is 1. The van der Waals surface area contributed by atoms with Crippen LogP contribution < -0.4 is 14.8 Å². The van der Waals surface area contributed by atoms with E-state index in [0.29, 0.717) is 28.2 Å². The summed E-state index contributed by atoms with van der Waals surface area (Å²) in [5.41, 5.74) is 1.02. The zero-order chi connectivity index (χ0) is 22.7. The summed E-state index contributed by atoms with van der Waals surface area (Å²) in [6, 6.07) is 22.7. The van der Waals surface area contributed by atoms with E-state index in [1.54, 1.807) is 30.5 Å². The van der Waals surface area contributed by atoms with Gasteiger partial charge in [0.25, 0.3) is 0 Å². The van der Waals surface area contributed by atoms with Gasteiger partial charge in [0.1, 0.15) is 20.8 Å². The molecule has 0 bridgehead atoms. The van der Waals surface area contributed by atoms with E-state index in [9.17, 15) is 4.79 Å². The summed E-state index contributed by atoms with van der Waals surface area (Å²) in [7, 11) is 0. The number of carbonyl (C=O) groups is 1. The number of carbonyl (C=O) groups excluding carboxylic acids is 1. The van der Waals surface area contributed by atoms with Gasteiger partial charge in [0.05, 0.1) is 5.02 Å². The molecule has 4 rings (SSSR count). The zero-order valence-electron chi connectivity index (χ0n) is 17.4. The van der Waals surface area contributed by atoms with E-state index in [1.807, 2.05) is 49.4 Å². The highest BCUT2D eigenvalue weighted by molar-refractivity contribution is 14.1. The van der Waals surface area contributed by atoms with Gasteiger partial charge in [0.15, 0.2) is 0 Å². The summed E-state index contributed by atoms with van der Waals surface area (Å²) < 4.78 is 11.2. The molecule has 0 aliphatic heterocycles. The Balaban J connectivity index is 1.52. The van der Waals surface area contributed by atoms with E-state index in [4.69, 9.17) is 21.1 Å². The summed E-state index contributed by atoms with van der Waals surface area (Å²) in [6.07, 6.45) is 1.66. The highest BCUT2D eigenvalue weighted by atomic mass is 127. The Kier molecular flexibility index (Phi) is 6.53. The van der Waals surface area contributed by atoms with Crippen molar-refractivity contribution in [2.24, 2.45) is 0 Å². The maximum atomic E-state index is 11.5. The number of fused-ring (bicyclic) bond motifs is 1. The molecule has 1 heterocycles. The molecule has 0 saturated carbocycles. The lowest BCUT2D eigenvalue weighted by Crippen LogP contribution is -2.36. The fourth-order valence-electron chi connectivity index (χ4n) is 3.27. The Labute approximate surface area is 204 Å². The van der Waals surface area contributed by atoms with Crippen LogP contribution in [0.25, 0.3) is 10.8 Å². The third-order valence-electron chi connectivity index (χ3n) is 4.76. The molecule has 0 fully saturated rings. The van der Waals surface area contributed by atoms with Crippen molar-refractivity contribution in [3.63, 3.8) is 0 Å². The Bertz CT molecular complexity index is 1280. The summed E-state index contributed by atoms with van der Waals surface area (Å²) >= 11 is 8.61. The molecule has 3 aromatic carbocycles. The maximum Gasteiger partial charge on any atom is 0.219 e. The van der Waals surface area contributed by atoms with Crippen molar-refractivity contribution in [1.29, 1.82) is 0 Å². The lowest BCUT2D eigenvalue weighted by Gasteiger charge is -2.24. The molecule has 162 valence electrons. The quantitative estimate of drug-likeness (QED) is 0.154. The van der Waals surface area contributed by atoms with Crippen molar-refractivity contribution >= 4 is 50.9 Å². The maximum absolute atomic E-state index is 11.5. The average molecular weight is 559 g/mol. The number of nitrogens with zero attached hydrogens (tertiary/aromatic N) is 1. The van der Waals surface area contributed by atoms with Gasteiger partial charge >= 0.3 is 0 Å². The highest BCUT2D eigenvalue weighted by Gasteiger charge is 2.23. The SMILES string of the molecule is CC(=O)NC(C)(I)c1ccc2cc(Oc3ccc(Oc4ccccn4)c(Cl)c3)ccc2c1. The number of benzene rings is 3. The lowest BCUT2D eigenvalue weighted by molar-refractivity contribution is -0.119. The number of aromatic nitrogens is 1. The summed E-state index contributed by atoms with van der Waals surface area (Å²) in [5.74, 6) is 2.20. The summed E-state index contributed by atoms with van der Waals surface area (Å²) in [4.78, 5) is 15.6. The molecule has 1 aromatic heterocycles. The van der Waals surface area contributed by atoms with Crippen LogP contribution in [-0.4, -0.2) is 10.9 Å².